The Hall–Kier alpha value is -2.14. The predicted octanol–water partition coefficient (Wildman–Crippen LogP) is 2.63. The van der Waals surface area contributed by atoms with Crippen molar-refractivity contribution >= 4 is 50.3 Å². The Morgan fingerprint density at radius 3 is 2.57 bits per heavy atom. The van der Waals surface area contributed by atoms with Crippen molar-refractivity contribution in [2.24, 2.45) is 0 Å². The predicted molar refractivity (Wildman–Crippen MR) is 103 cm³/mol. The molecule has 1 amide bonds. The van der Waals surface area contributed by atoms with E-state index in [1.165, 1.54) is 27.4 Å². The molecule has 0 aliphatic carbocycles. The highest BCUT2D eigenvalue weighted by atomic mass is 35.5. The van der Waals surface area contributed by atoms with Gasteiger partial charge in [0.15, 0.2) is 0 Å². The Morgan fingerprint density at radius 1 is 1.11 bits per heavy atom. The van der Waals surface area contributed by atoms with Gasteiger partial charge in [-0.15, -0.1) is 0 Å². The van der Waals surface area contributed by atoms with Crippen molar-refractivity contribution in [3.63, 3.8) is 0 Å². The van der Waals surface area contributed by atoms with Gasteiger partial charge < -0.3 is 4.90 Å². The quantitative estimate of drug-likeness (QED) is 0.625. The Labute approximate surface area is 169 Å². The van der Waals surface area contributed by atoms with E-state index in [1.807, 2.05) is 0 Å². The van der Waals surface area contributed by atoms with Crippen LogP contribution in [0.15, 0.2) is 41.3 Å². The lowest BCUT2D eigenvalue weighted by Gasteiger charge is -2.34. The minimum absolute atomic E-state index is 0.0842. The third-order valence-electron chi connectivity index (χ3n) is 4.55. The molecule has 0 bridgehead atoms. The topological polar surface area (TPSA) is 83.5 Å². The summed E-state index contributed by atoms with van der Waals surface area (Å²) in [6.45, 7) is 0.533. The molecule has 146 valence electrons. The molecule has 0 radical (unpaired) electrons. The van der Waals surface area contributed by atoms with Gasteiger partial charge in [0.1, 0.15) is 21.7 Å². The van der Waals surface area contributed by atoms with Gasteiger partial charge in [-0.25, -0.2) is 12.8 Å². The first-order chi connectivity index (χ1) is 13.4. The van der Waals surface area contributed by atoms with Gasteiger partial charge in [0, 0.05) is 31.2 Å². The Morgan fingerprint density at radius 2 is 1.86 bits per heavy atom. The van der Waals surface area contributed by atoms with E-state index < -0.39 is 21.7 Å². The smallest absolute Gasteiger partial charge is 0.256 e. The second-order valence-electron chi connectivity index (χ2n) is 6.21. The summed E-state index contributed by atoms with van der Waals surface area (Å²) in [6, 6.07) is 8.69. The number of piperazine rings is 1. The SMILES string of the molecule is O=C(c1ccc(Cl)cc1F)N1CCN(S(=O)(=O)c2cccc3nsnc23)CC1. The number of aromatic nitrogens is 2. The summed E-state index contributed by atoms with van der Waals surface area (Å²) in [4.78, 5) is 14.1. The van der Waals surface area contributed by atoms with E-state index in [0.717, 1.165) is 17.8 Å². The molecule has 1 fully saturated rings. The van der Waals surface area contributed by atoms with Crippen molar-refractivity contribution < 1.29 is 17.6 Å². The molecule has 1 aliphatic heterocycles. The van der Waals surface area contributed by atoms with Gasteiger partial charge in [-0.05, 0) is 30.3 Å². The average molecular weight is 441 g/mol. The molecule has 0 unspecified atom stereocenters. The lowest BCUT2D eigenvalue weighted by atomic mass is 10.1. The van der Waals surface area contributed by atoms with Crippen LogP contribution in [0, 0.1) is 5.82 Å². The van der Waals surface area contributed by atoms with Crippen LogP contribution in [0.3, 0.4) is 0 Å². The van der Waals surface area contributed by atoms with Crippen LogP contribution >= 0.6 is 23.3 Å². The number of sulfonamides is 1. The van der Waals surface area contributed by atoms with Crippen molar-refractivity contribution in [1.29, 1.82) is 0 Å². The van der Waals surface area contributed by atoms with Crippen LogP contribution in [-0.2, 0) is 10.0 Å². The lowest BCUT2D eigenvalue weighted by Crippen LogP contribution is -2.50. The Bertz CT molecular complexity index is 1160. The van der Waals surface area contributed by atoms with Crippen molar-refractivity contribution in [3.05, 3.63) is 52.8 Å². The zero-order chi connectivity index (χ0) is 19.9. The fourth-order valence-corrected chi connectivity index (χ4v) is 5.43. The molecule has 7 nitrogen and oxygen atoms in total. The number of halogens is 2. The molecule has 1 aromatic heterocycles. The van der Waals surface area contributed by atoms with E-state index in [4.69, 9.17) is 11.6 Å². The van der Waals surface area contributed by atoms with E-state index in [2.05, 4.69) is 8.75 Å². The van der Waals surface area contributed by atoms with Gasteiger partial charge in [-0.2, -0.15) is 13.1 Å². The maximum atomic E-state index is 14.0. The van der Waals surface area contributed by atoms with E-state index in [9.17, 15) is 17.6 Å². The molecule has 3 aromatic rings. The molecule has 28 heavy (non-hydrogen) atoms. The standard InChI is InChI=1S/C17H14ClFN4O3S2/c18-11-4-5-12(13(19)10-11)17(24)22-6-8-23(9-7-22)28(25,26)15-3-1-2-14-16(15)21-27-20-14/h1-5,10H,6-9H2. The number of carbonyl (C=O) groups excluding carboxylic acids is 1. The van der Waals surface area contributed by atoms with E-state index in [-0.39, 0.29) is 41.7 Å². The van der Waals surface area contributed by atoms with Crippen LogP contribution in [0.4, 0.5) is 4.39 Å². The van der Waals surface area contributed by atoms with Gasteiger partial charge in [0.25, 0.3) is 5.91 Å². The second kappa shape index (κ2) is 7.36. The number of carbonyl (C=O) groups is 1. The maximum absolute atomic E-state index is 14.0. The summed E-state index contributed by atoms with van der Waals surface area (Å²) in [7, 11) is -3.78. The molecule has 0 N–H and O–H groups in total. The highest BCUT2D eigenvalue weighted by molar-refractivity contribution is 7.89. The minimum atomic E-state index is -3.78. The first-order valence-electron chi connectivity index (χ1n) is 8.34. The van der Waals surface area contributed by atoms with Gasteiger partial charge in [-0.3, -0.25) is 4.79 Å². The lowest BCUT2D eigenvalue weighted by molar-refractivity contribution is 0.0693. The van der Waals surface area contributed by atoms with Crippen molar-refractivity contribution in [1.82, 2.24) is 18.0 Å². The summed E-state index contributed by atoms with van der Waals surface area (Å²) in [5, 5.41) is 0.204. The van der Waals surface area contributed by atoms with Crippen LogP contribution < -0.4 is 0 Å². The van der Waals surface area contributed by atoms with E-state index in [0.29, 0.717) is 11.0 Å². The third-order valence-corrected chi connectivity index (χ3v) is 7.26. The number of hydrogen-bond donors (Lipinski definition) is 0. The zero-order valence-corrected chi connectivity index (χ0v) is 16.8. The van der Waals surface area contributed by atoms with Crippen LogP contribution in [0.2, 0.25) is 5.02 Å². The molecule has 0 atom stereocenters. The minimum Gasteiger partial charge on any atom is -0.336 e. The van der Waals surface area contributed by atoms with Crippen LogP contribution in [-0.4, -0.2) is 58.5 Å². The number of hydrogen-bond acceptors (Lipinski definition) is 6. The van der Waals surface area contributed by atoms with Crippen molar-refractivity contribution in [2.75, 3.05) is 26.2 Å². The fourth-order valence-electron chi connectivity index (χ4n) is 3.09. The molecular weight excluding hydrogens is 427 g/mol. The molecule has 0 saturated carbocycles. The van der Waals surface area contributed by atoms with E-state index >= 15 is 0 Å². The summed E-state index contributed by atoms with van der Waals surface area (Å²) in [5.41, 5.74) is 0.784. The molecule has 4 rings (SSSR count). The maximum Gasteiger partial charge on any atom is 0.256 e. The largest absolute Gasteiger partial charge is 0.336 e. The summed E-state index contributed by atoms with van der Waals surface area (Å²) in [6.07, 6.45) is 0. The normalized spacial score (nSPS) is 15.9. The molecule has 11 heteroatoms. The molecule has 2 aromatic carbocycles. The molecule has 1 saturated heterocycles. The van der Waals surface area contributed by atoms with Crippen LogP contribution in [0.1, 0.15) is 10.4 Å². The van der Waals surface area contributed by atoms with Crippen molar-refractivity contribution in [3.8, 4) is 0 Å². The van der Waals surface area contributed by atoms with Gasteiger partial charge in [0.05, 0.1) is 17.3 Å². The molecule has 0 spiro atoms. The van der Waals surface area contributed by atoms with Gasteiger partial charge in [0.2, 0.25) is 10.0 Å². The average Bonchev–Trinajstić information content (AvgIpc) is 3.16. The first kappa shape index (κ1) is 19.2. The summed E-state index contributed by atoms with van der Waals surface area (Å²) in [5.74, 6) is -1.19. The number of amides is 1. The first-order valence-corrected chi connectivity index (χ1v) is 10.9. The third kappa shape index (κ3) is 3.37. The fraction of sp³-hybridized carbons (Fsp3) is 0.235. The summed E-state index contributed by atoms with van der Waals surface area (Å²) >= 11 is 6.67. The van der Waals surface area contributed by atoms with E-state index in [1.54, 1.807) is 12.1 Å². The highest BCUT2D eigenvalue weighted by Gasteiger charge is 2.32. The Balaban J connectivity index is 1.52. The van der Waals surface area contributed by atoms with Crippen LogP contribution in [0.25, 0.3) is 11.0 Å². The molecule has 1 aliphatic rings. The zero-order valence-electron chi connectivity index (χ0n) is 14.4. The van der Waals surface area contributed by atoms with Crippen molar-refractivity contribution in [2.45, 2.75) is 4.90 Å². The van der Waals surface area contributed by atoms with Crippen LogP contribution in [0.5, 0.6) is 0 Å². The highest BCUT2D eigenvalue weighted by Crippen LogP contribution is 2.25. The number of benzene rings is 2. The monoisotopic (exact) mass is 440 g/mol. The Kier molecular flexibility index (Phi) is 5.04. The van der Waals surface area contributed by atoms with Gasteiger partial charge in [-0.1, -0.05) is 17.7 Å². The van der Waals surface area contributed by atoms with Gasteiger partial charge >= 0.3 is 0 Å². The number of nitrogens with zero attached hydrogens (tertiary/aromatic N) is 4. The summed E-state index contributed by atoms with van der Waals surface area (Å²) < 4.78 is 49.5. The molecule has 2 heterocycles. The molecular formula is C17H14ClFN4O3S2. The second-order valence-corrected chi connectivity index (χ2v) is 9.08. The number of rotatable bonds is 3. The number of fused-ring (bicyclic) bond motifs is 1.